The Hall–Kier alpha value is -1.47. The van der Waals surface area contributed by atoms with Gasteiger partial charge in [0.1, 0.15) is 6.04 Å². The Labute approximate surface area is 129 Å². The van der Waals surface area contributed by atoms with E-state index >= 15 is 0 Å². The highest BCUT2D eigenvalue weighted by Gasteiger charge is 2.36. The van der Waals surface area contributed by atoms with Crippen molar-refractivity contribution in [3.63, 3.8) is 0 Å². The number of carbonyl (C=O) groups excluding carboxylic acids is 1. The highest BCUT2D eigenvalue weighted by atomic mass is 16.5. The number of nitrogens with zero attached hydrogens (tertiary/aromatic N) is 4. The topological polar surface area (TPSA) is 71.7 Å². The van der Waals surface area contributed by atoms with Crippen LogP contribution >= 0.6 is 0 Å². The van der Waals surface area contributed by atoms with Crippen molar-refractivity contribution >= 4 is 5.97 Å². The molecule has 1 aromatic rings. The molecule has 0 unspecified atom stereocenters. The lowest BCUT2D eigenvalue weighted by molar-refractivity contribution is -0.143. The van der Waals surface area contributed by atoms with Crippen LogP contribution in [0.1, 0.15) is 49.9 Å². The summed E-state index contributed by atoms with van der Waals surface area (Å²) in [5, 5.41) is 4.10. The van der Waals surface area contributed by atoms with E-state index in [0.29, 0.717) is 12.5 Å². The first-order chi connectivity index (χ1) is 10.7. The summed E-state index contributed by atoms with van der Waals surface area (Å²) in [4.78, 5) is 20.8. The van der Waals surface area contributed by atoms with Crippen LogP contribution in [-0.4, -0.2) is 64.7 Å². The van der Waals surface area contributed by atoms with E-state index in [-0.39, 0.29) is 18.1 Å². The number of rotatable bonds is 4. The molecule has 0 radical (unpaired) electrons. The van der Waals surface area contributed by atoms with E-state index in [2.05, 4.69) is 26.9 Å². The van der Waals surface area contributed by atoms with Crippen molar-refractivity contribution in [3.8, 4) is 0 Å². The second-order valence-corrected chi connectivity index (χ2v) is 6.48. The van der Waals surface area contributed by atoms with E-state index in [1.54, 1.807) is 0 Å². The Morgan fingerprint density at radius 2 is 1.95 bits per heavy atom. The summed E-state index contributed by atoms with van der Waals surface area (Å²) >= 11 is 0. The first kappa shape index (κ1) is 14.1. The summed E-state index contributed by atoms with van der Waals surface area (Å²) < 4.78 is 10.5. The summed E-state index contributed by atoms with van der Waals surface area (Å²) in [5.41, 5.74) is 0. The van der Waals surface area contributed by atoms with Crippen LogP contribution in [0.4, 0.5) is 0 Å². The number of cyclic esters (lactones) is 1. The number of aromatic nitrogens is 2. The van der Waals surface area contributed by atoms with Crippen LogP contribution < -0.4 is 0 Å². The standard InChI is InChI=1S/C15H22N4O3/c1-10(14-16-13(17-22-14)11-2-3-11)18-5-7-19(8-6-18)12-4-9-21-15(12)20/h10-12H,2-9H2,1H3/t10-,12-/m1/s1. The molecule has 2 aliphatic heterocycles. The zero-order valence-electron chi connectivity index (χ0n) is 12.9. The number of hydrogen-bond acceptors (Lipinski definition) is 7. The molecule has 2 atom stereocenters. The van der Waals surface area contributed by atoms with Crippen LogP contribution in [0.25, 0.3) is 0 Å². The Kier molecular flexibility index (Phi) is 3.62. The molecule has 0 bridgehead atoms. The molecule has 0 amide bonds. The molecule has 7 heteroatoms. The molecule has 1 aliphatic carbocycles. The van der Waals surface area contributed by atoms with Gasteiger partial charge in [-0.2, -0.15) is 4.98 Å². The Balaban J connectivity index is 1.35. The molecule has 3 aliphatic rings. The smallest absolute Gasteiger partial charge is 0.323 e. The number of carbonyl (C=O) groups is 1. The summed E-state index contributed by atoms with van der Waals surface area (Å²) in [6.45, 7) is 6.26. The van der Waals surface area contributed by atoms with Gasteiger partial charge in [-0.05, 0) is 19.8 Å². The molecule has 7 nitrogen and oxygen atoms in total. The van der Waals surface area contributed by atoms with Crippen molar-refractivity contribution in [2.75, 3.05) is 32.8 Å². The molecule has 22 heavy (non-hydrogen) atoms. The van der Waals surface area contributed by atoms with Gasteiger partial charge in [0, 0.05) is 38.5 Å². The minimum atomic E-state index is -0.0625. The zero-order valence-corrected chi connectivity index (χ0v) is 12.9. The number of ether oxygens (including phenoxy) is 1. The molecule has 4 rings (SSSR count). The molecule has 3 fully saturated rings. The van der Waals surface area contributed by atoms with Gasteiger partial charge in [-0.15, -0.1) is 0 Å². The Bertz CT molecular complexity index is 549. The third kappa shape index (κ3) is 2.63. The van der Waals surface area contributed by atoms with Crippen molar-refractivity contribution in [1.82, 2.24) is 19.9 Å². The van der Waals surface area contributed by atoms with E-state index in [1.165, 1.54) is 12.8 Å². The lowest BCUT2D eigenvalue weighted by Crippen LogP contribution is -2.52. The van der Waals surface area contributed by atoms with Crippen molar-refractivity contribution in [1.29, 1.82) is 0 Å². The molecule has 3 heterocycles. The molecule has 2 saturated heterocycles. The van der Waals surface area contributed by atoms with Crippen LogP contribution in [0.2, 0.25) is 0 Å². The molecular formula is C15H22N4O3. The third-order valence-corrected chi connectivity index (χ3v) is 5.00. The van der Waals surface area contributed by atoms with Crippen molar-refractivity contribution in [3.05, 3.63) is 11.7 Å². The molecule has 1 saturated carbocycles. The molecule has 0 spiro atoms. The average molecular weight is 306 g/mol. The Morgan fingerprint density at radius 1 is 1.18 bits per heavy atom. The van der Waals surface area contributed by atoms with Crippen LogP contribution in [0.15, 0.2) is 4.52 Å². The molecule has 1 aromatic heterocycles. The van der Waals surface area contributed by atoms with E-state index in [0.717, 1.165) is 44.3 Å². The van der Waals surface area contributed by atoms with Crippen LogP contribution in [0.3, 0.4) is 0 Å². The van der Waals surface area contributed by atoms with Gasteiger partial charge in [-0.25, -0.2) is 0 Å². The molecule has 0 aromatic carbocycles. The second-order valence-electron chi connectivity index (χ2n) is 6.48. The van der Waals surface area contributed by atoms with Gasteiger partial charge in [-0.3, -0.25) is 14.6 Å². The quantitative estimate of drug-likeness (QED) is 0.767. The highest BCUT2D eigenvalue weighted by Crippen LogP contribution is 2.38. The SMILES string of the molecule is C[C@H](c1nc(C2CC2)no1)N1CCN([C@@H]2CCOC2=O)CC1. The highest BCUT2D eigenvalue weighted by molar-refractivity contribution is 5.77. The number of hydrogen-bond donors (Lipinski definition) is 0. The van der Waals surface area contributed by atoms with Crippen molar-refractivity contribution in [2.24, 2.45) is 0 Å². The third-order valence-electron chi connectivity index (χ3n) is 5.00. The molecule has 0 N–H and O–H groups in total. The zero-order chi connectivity index (χ0) is 15.1. The van der Waals surface area contributed by atoms with Gasteiger partial charge < -0.3 is 9.26 Å². The van der Waals surface area contributed by atoms with Gasteiger partial charge >= 0.3 is 5.97 Å². The van der Waals surface area contributed by atoms with Crippen LogP contribution in [-0.2, 0) is 9.53 Å². The van der Waals surface area contributed by atoms with Gasteiger partial charge in [-0.1, -0.05) is 5.16 Å². The molecular weight excluding hydrogens is 284 g/mol. The summed E-state index contributed by atoms with van der Waals surface area (Å²) in [6, 6.07) is 0.0972. The van der Waals surface area contributed by atoms with E-state index in [4.69, 9.17) is 9.26 Å². The summed E-state index contributed by atoms with van der Waals surface area (Å²) in [5.74, 6) is 2.05. The fraction of sp³-hybridized carbons (Fsp3) is 0.800. The fourth-order valence-corrected chi connectivity index (χ4v) is 3.33. The van der Waals surface area contributed by atoms with E-state index in [9.17, 15) is 4.79 Å². The van der Waals surface area contributed by atoms with Crippen LogP contribution in [0, 0.1) is 0 Å². The fourth-order valence-electron chi connectivity index (χ4n) is 3.33. The molecule has 120 valence electrons. The van der Waals surface area contributed by atoms with Crippen molar-refractivity contribution in [2.45, 2.75) is 44.2 Å². The average Bonchev–Trinajstić information content (AvgIpc) is 3.12. The maximum atomic E-state index is 11.7. The minimum Gasteiger partial charge on any atom is -0.464 e. The van der Waals surface area contributed by atoms with Gasteiger partial charge in [0.25, 0.3) is 0 Å². The first-order valence-electron chi connectivity index (χ1n) is 8.20. The number of esters is 1. The normalized spacial score (nSPS) is 28.8. The Morgan fingerprint density at radius 3 is 2.59 bits per heavy atom. The minimum absolute atomic E-state index is 0.0395. The maximum absolute atomic E-state index is 11.7. The van der Waals surface area contributed by atoms with Gasteiger partial charge in [0.15, 0.2) is 5.82 Å². The van der Waals surface area contributed by atoms with E-state index in [1.807, 2.05) is 0 Å². The van der Waals surface area contributed by atoms with Gasteiger partial charge in [0.2, 0.25) is 5.89 Å². The summed E-state index contributed by atoms with van der Waals surface area (Å²) in [6.07, 6.45) is 3.19. The number of piperazine rings is 1. The first-order valence-corrected chi connectivity index (χ1v) is 8.20. The van der Waals surface area contributed by atoms with Gasteiger partial charge in [0.05, 0.1) is 12.6 Å². The second kappa shape index (κ2) is 5.62. The predicted molar refractivity (Wildman–Crippen MR) is 77.2 cm³/mol. The van der Waals surface area contributed by atoms with Crippen LogP contribution in [0.5, 0.6) is 0 Å². The lowest BCUT2D eigenvalue weighted by atomic mass is 10.1. The lowest BCUT2D eigenvalue weighted by Gasteiger charge is -2.38. The summed E-state index contributed by atoms with van der Waals surface area (Å²) in [7, 11) is 0. The monoisotopic (exact) mass is 306 g/mol. The van der Waals surface area contributed by atoms with E-state index < -0.39 is 0 Å². The predicted octanol–water partition coefficient (Wildman–Crippen LogP) is 0.941. The van der Waals surface area contributed by atoms with Crippen molar-refractivity contribution < 1.29 is 14.1 Å². The maximum Gasteiger partial charge on any atom is 0.323 e. The largest absolute Gasteiger partial charge is 0.464 e.